The molecule has 1 aromatic heterocycles. The van der Waals surface area contributed by atoms with E-state index in [9.17, 15) is 0 Å². The molecule has 4 heteroatoms. The second-order valence-electron chi connectivity index (χ2n) is 3.67. The van der Waals surface area contributed by atoms with Crippen molar-refractivity contribution in [3.05, 3.63) is 58.2 Å². The molecular weight excluding hydrogens is 317 g/mol. The van der Waals surface area contributed by atoms with E-state index < -0.39 is 0 Å². The molecule has 1 nitrogen and oxygen atoms in total. The molecule has 0 amide bonds. The van der Waals surface area contributed by atoms with Gasteiger partial charge in [0.2, 0.25) is 0 Å². The third kappa shape index (κ3) is 2.00. The fourth-order valence-electron chi connectivity index (χ4n) is 1.74. The molecule has 2 aromatic carbocycles. The van der Waals surface area contributed by atoms with Gasteiger partial charge in [-0.3, -0.25) is 0 Å². The average Bonchev–Trinajstić information content (AvgIpc) is 2.68. The van der Waals surface area contributed by atoms with Crippen LogP contribution in [0.4, 0.5) is 0 Å². The molecule has 1 heterocycles. The molecule has 0 aliphatic heterocycles. The Morgan fingerprint density at radius 3 is 2.65 bits per heavy atom. The molecule has 0 saturated heterocycles. The predicted molar refractivity (Wildman–Crippen MR) is 76.1 cm³/mol. The van der Waals surface area contributed by atoms with Crippen LogP contribution in [0.15, 0.2) is 48.5 Å². The molecule has 0 atom stereocenters. The summed E-state index contributed by atoms with van der Waals surface area (Å²) < 4.78 is 4.42. The van der Waals surface area contributed by atoms with Crippen LogP contribution in [0.3, 0.4) is 0 Å². The van der Waals surface area contributed by atoms with Crippen LogP contribution in [0, 0.1) is 4.64 Å². The predicted octanol–water partition coefficient (Wildman–Crippen LogP) is 4.07. The van der Waals surface area contributed by atoms with E-state index in [4.69, 9.17) is 23.8 Å². The van der Waals surface area contributed by atoms with Gasteiger partial charge in [0.15, 0.2) is 0 Å². The van der Waals surface area contributed by atoms with Gasteiger partial charge in [0.05, 0.1) is 0 Å². The summed E-state index contributed by atoms with van der Waals surface area (Å²) in [6.45, 7) is 0. The molecule has 0 aliphatic carbocycles. The van der Waals surface area contributed by atoms with Gasteiger partial charge in [0.25, 0.3) is 0 Å². The molecule has 3 aromatic rings. The van der Waals surface area contributed by atoms with Gasteiger partial charge in [-0.2, -0.15) is 0 Å². The van der Waals surface area contributed by atoms with E-state index in [0.29, 0.717) is 0 Å². The summed E-state index contributed by atoms with van der Waals surface area (Å²) in [5.74, 6) is 0. The van der Waals surface area contributed by atoms with E-state index >= 15 is 0 Å². The van der Waals surface area contributed by atoms with Crippen molar-refractivity contribution in [2.45, 2.75) is 0 Å². The summed E-state index contributed by atoms with van der Waals surface area (Å²) in [5, 5.41) is 1.93. The number of fused-ring (bicyclic) bond motifs is 1. The number of nitrogens with zero attached hydrogens (tertiary/aromatic N) is 1. The SMILES string of the molecule is S=c1c2ccccc2[se]n1-c1cccc(Cl)c1. The molecule has 0 radical (unpaired) electrons. The van der Waals surface area contributed by atoms with Gasteiger partial charge in [-0.1, -0.05) is 0 Å². The molecule has 0 bridgehead atoms. The first kappa shape index (κ1) is 11.2. The van der Waals surface area contributed by atoms with Gasteiger partial charge >= 0.3 is 116 Å². The zero-order valence-electron chi connectivity index (χ0n) is 8.76. The fraction of sp³-hybridized carbons (Fsp3) is 0. The van der Waals surface area contributed by atoms with Crippen molar-refractivity contribution in [2.24, 2.45) is 0 Å². The van der Waals surface area contributed by atoms with Crippen molar-refractivity contribution in [1.82, 2.24) is 3.56 Å². The Labute approximate surface area is 115 Å². The zero-order chi connectivity index (χ0) is 11.8. The molecular formula is C13H8ClNSSe. The van der Waals surface area contributed by atoms with Crippen molar-refractivity contribution >= 4 is 48.2 Å². The Hall–Kier alpha value is -0.861. The molecule has 0 saturated carbocycles. The Kier molecular flexibility index (Phi) is 2.93. The van der Waals surface area contributed by atoms with Crippen LogP contribution >= 0.6 is 23.8 Å². The summed E-state index contributed by atoms with van der Waals surface area (Å²) in [7, 11) is 0. The molecule has 0 unspecified atom stereocenters. The number of benzene rings is 2. The van der Waals surface area contributed by atoms with E-state index in [1.165, 1.54) is 9.65 Å². The van der Waals surface area contributed by atoms with Crippen molar-refractivity contribution < 1.29 is 0 Å². The maximum atomic E-state index is 6.02. The van der Waals surface area contributed by atoms with Crippen LogP contribution < -0.4 is 0 Å². The Morgan fingerprint density at radius 1 is 1.06 bits per heavy atom. The number of halogens is 1. The number of hydrogen-bond donors (Lipinski definition) is 0. The molecule has 17 heavy (non-hydrogen) atoms. The molecule has 0 aliphatic rings. The first-order valence-corrected chi connectivity index (χ1v) is 7.53. The third-order valence-electron chi connectivity index (χ3n) is 2.53. The fourth-order valence-corrected chi connectivity index (χ4v) is 4.65. The Morgan fingerprint density at radius 2 is 1.88 bits per heavy atom. The van der Waals surface area contributed by atoms with E-state index in [0.717, 1.165) is 15.4 Å². The third-order valence-corrected chi connectivity index (χ3v) is 5.80. The van der Waals surface area contributed by atoms with Crippen LogP contribution in [0.2, 0.25) is 5.02 Å². The summed E-state index contributed by atoms with van der Waals surface area (Å²) in [4.78, 5) is 0. The van der Waals surface area contributed by atoms with Gasteiger partial charge in [-0.05, 0) is 0 Å². The van der Waals surface area contributed by atoms with Gasteiger partial charge < -0.3 is 0 Å². The Bertz CT molecular complexity index is 744. The van der Waals surface area contributed by atoms with Crippen LogP contribution in [-0.4, -0.2) is 18.3 Å². The van der Waals surface area contributed by atoms with Gasteiger partial charge in [0.1, 0.15) is 0 Å². The van der Waals surface area contributed by atoms with Crippen molar-refractivity contribution in [2.75, 3.05) is 0 Å². The molecule has 0 fully saturated rings. The summed E-state index contributed by atoms with van der Waals surface area (Å²) in [5.41, 5.74) is 1.08. The minimum atomic E-state index is 0.221. The second kappa shape index (κ2) is 4.43. The van der Waals surface area contributed by atoms with Crippen LogP contribution in [0.5, 0.6) is 0 Å². The zero-order valence-corrected chi connectivity index (χ0v) is 12.0. The van der Waals surface area contributed by atoms with E-state index in [1.54, 1.807) is 0 Å². The normalized spacial score (nSPS) is 10.9. The molecule has 0 spiro atoms. The number of rotatable bonds is 1. The first-order valence-electron chi connectivity index (χ1n) is 5.13. The monoisotopic (exact) mass is 325 g/mol. The minimum absolute atomic E-state index is 0.221. The van der Waals surface area contributed by atoms with E-state index in [-0.39, 0.29) is 14.7 Å². The molecule has 3 rings (SSSR count). The topological polar surface area (TPSA) is 4.93 Å². The summed E-state index contributed by atoms with van der Waals surface area (Å²) >= 11 is 11.8. The Balaban J connectivity index is 2.31. The summed E-state index contributed by atoms with van der Waals surface area (Å²) in [6, 6.07) is 16.2. The van der Waals surface area contributed by atoms with E-state index in [1.807, 2.05) is 30.3 Å². The van der Waals surface area contributed by atoms with Crippen LogP contribution in [0.1, 0.15) is 0 Å². The quantitative estimate of drug-likeness (QED) is 0.482. The standard InChI is InChI=1S/C13H8ClNSSe/c14-9-4-3-5-10(8-9)15-13(16)11-6-1-2-7-12(11)17-15/h1-8H. The van der Waals surface area contributed by atoms with Gasteiger partial charge in [-0.15, -0.1) is 0 Å². The van der Waals surface area contributed by atoms with Crippen molar-refractivity contribution in [3.8, 4) is 5.69 Å². The van der Waals surface area contributed by atoms with Crippen molar-refractivity contribution in [1.29, 1.82) is 0 Å². The van der Waals surface area contributed by atoms with Gasteiger partial charge in [-0.25, -0.2) is 0 Å². The molecule has 0 N–H and O–H groups in total. The number of hydrogen-bond acceptors (Lipinski definition) is 1. The van der Waals surface area contributed by atoms with Gasteiger partial charge in [0, 0.05) is 0 Å². The van der Waals surface area contributed by atoms with Crippen LogP contribution in [0.25, 0.3) is 15.3 Å². The van der Waals surface area contributed by atoms with Crippen molar-refractivity contribution in [3.63, 3.8) is 0 Å². The molecule has 84 valence electrons. The van der Waals surface area contributed by atoms with Crippen LogP contribution in [-0.2, 0) is 0 Å². The second-order valence-corrected chi connectivity index (χ2v) is 6.56. The van der Waals surface area contributed by atoms with E-state index in [2.05, 4.69) is 21.8 Å². The first-order chi connectivity index (χ1) is 8.25. The average molecular weight is 325 g/mol. The maximum absolute atomic E-state index is 6.02. The number of aromatic nitrogens is 1. The summed E-state index contributed by atoms with van der Waals surface area (Å²) in [6.07, 6.45) is 0.